The zero-order valence-electron chi connectivity index (χ0n) is 15.0. The van der Waals surface area contributed by atoms with Crippen LogP contribution in [0.15, 0.2) is 18.2 Å². The number of carbonyl (C=O) groups is 3. The Labute approximate surface area is 153 Å². The minimum atomic E-state index is -0.596. The fourth-order valence-corrected chi connectivity index (χ4v) is 3.69. The molecular formula is C19H25N3O4. The third-order valence-electron chi connectivity index (χ3n) is 5.34. The van der Waals surface area contributed by atoms with Gasteiger partial charge in [-0.1, -0.05) is 6.07 Å². The number of nitrogens with zero attached hydrogens (tertiary/aromatic N) is 2. The van der Waals surface area contributed by atoms with E-state index in [-0.39, 0.29) is 30.8 Å². The number of benzene rings is 1. The van der Waals surface area contributed by atoms with Gasteiger partial charge in [0.25, 0.3) is 5.91 Å². The second-order valence-electron chi connectivity index (χ2n) is 6.97. The van der Waals surface area contributed by atoms with Crippen molar-refractivity contribution in [2.45, 2.75) is 31.8 Å². The maximum atomic E-state index is 12.8. The van der Waals surface area contributed by atoms with Crippen LogP contribution in [0.4, 0.5) is 5.69 Å². The Morgan fingerprint density at radius 2 is 2.27 bits per heavy atom. The van der Waals surface area contributed by atoms with Gasteiger partial charge < -0.3 is 25.0 Å². The van der Waals surface area contributed by atoms with Crippen LogP contribution in [0.1, 0.15) is 35.2 Å². The maximum Gasteiger partial charge on any atom is 0.255 e. The molecule has 0 saturated carbocycles. The fourth-order valence-electron chi connectivity index (χ4n) is 3.69. The third kappa shape index (κ3) is 3.58. The lowest BCUT2D eigenvalue weighted by molar-refractivity contribution is -0.121. The van der Waals surface area contributed by atoms with E-state index in [0.717, 1.165) is 37.0 Å². The smallest absolute Gasteiger partial charge is 0.255 e. The molecule has 3 rings (SSSR count). The van der Waals surface area contributed by atoms with Gasteiger partial charge in [0, 0.05) is 56.9 Å². The van der Waals surface area contributed by atoms with Gasteiger partial charge in [-0.05, 0) is 30.5 Å². The van der Waals surface area contributed by atoms with Crippen LogP contribution < -0.4 is 10.2 Å². The van der Waals surface area contributed by atoms with Crippen molar-refractivity contribution in [3.05, 3.63) is 29.3 Å². The predicted octanol–water partition coefficient (Wildman–Crippen LogP) is 0.555. The van der Waals surface area contributed by atoms with Gasteiger partial charge in [-0.25, -0.2) is 0 Å². The van der Waals surface area contributed by atoms with E-state index < -0.39 is 6.04 Å². The van der Waals surface area contributed by atoms with Crippen LogP contribution in [-0.2, 0) is 16.1 Å². The Balaban J connectivity index is 1.72. The molecule has 26 heavy (non-hydrogen) atoms. The van der Waals surface area contributed by atoms with Gasteiger partial charge in [-0.2, -0.15) is 0 Å². The molecule has 7 heteroatoms. The quantitative estimate of drug-likeness (QED) is 0.694. The molecule has 0 aromatic heterocycles. The van der Waals surface area contributed by atoms with E-state index >= 15 is 0 Å². The van der Waals surface area contributed by atoms with E-state index in [1.807, 2.05) is 18.2 Å². The van der Waals surface area contributed by atoms with E-state index in [4.69, 9.17) is 0 Å². The average Bonchev–Trinajstić information content (AvgIpc) is 3.27. The summed E-state index contributed by atoms with van der Waals surface area (Å²) >= 11 is 0. The van der Waals surface area contributed by atoms with Gasteiger partial charge in [0.05, 0.1) is 6.04 Å². The molecule has 0 radical (unpaired) electrons. The van der Waals surface area contributed by atoms with Gasteiger partial charge in [0.1, 0.15) is 6.29 Å². The molecule has 1 fully saturated rings. The standard InChI is InChI=1S/C19H25N3O4/c1-20-18(25)5-4-16(12-24)22-10-14-2-3-15(8-17(14)19(22)26)21-7-6-13(9-21)11-23/h2-3,8,12-13,16,23H,4-7,9-11H2,1H3,(H,20,25). The molecule has 1 saturated heterocycles. The first-order valence-corrected chi connectivity index (χ1v) is 9.03. The molecule has 1 aromatic rings. The number of nitrogens with one attached hydrogen (secondary N) is 1. The lowest BCUT2D eigenvalue weighted by Crippen LogP contribution is -2.37. The fraction of sp³-hybridized carbons (Fsp3) is 0.526. The van der Waals surface area contributed by atoms with Crippen LogP contribution in [0.2, 0.25) is 0 Å². The summed E-state index contributed by atoms with van der Waals surface area (Å²) in [5.41, 5.74) is 2.51. The number of hydrogen-bond donors (Lipinski definition) is 2. The number of amides is 2. The highest BCUT2D eigenvalue weighted by atomic mass is 16.3. The van der Waals surface area contributed by atoms with E-state index in [1.54, 1.807) is 11.9 Å². The summed E-state index contributed by atoms with van der Waals surface area (Å²) in [5, 5.41) is 11.8. The molecule has 2 heterocycles. The topological polar surface area (TPSA) is 90.0 Å². The number of carbonyl (C=O) groups excluding carboxylic acids is 3. The summed E-state index contributed by atoms with van der Waals surface area (Å²) in [5.74, 6) is -0.0239. The van der Waals surface area contributed by atoms with Gasteiger partial charge in [0.2, 0.25) is 5.91 Å². The van der Waals surface area contributed by atoms with E-state index in [0.29, 0.717) is 18.5 Å². The van der Waals surface area contributed by atoms with Crippen molar-refractivity contribution in [3.8, 4) is 0 Å². The van der Waals surface area contributed by atoms with E-state index in [9.17, 15) is 19.5 Å². The van der Waals surface area contributed by atoms with Crippen molar-refractivity contribution < 1.29 is 19.5 Å². The number of rotatable bonds is 7. The molecule has 2 unspecified atom stereocenters. The summed E-state index contributed by atoms with van der Waals surface area (Å²) in [6.07, 6.45) is 2.22. The second kappa shape index (κ2) is 7.86. The Morgan fingerprint density at radius 3 is 2.92 bits per heavy atom. The normalized spacial score (nSPS) is 20.2. The van der Waals surface area contributed by atoms with Crippen molar-refractivity contribution >= 4 is 23.8 Å². The van der Waals surface area contributed by atoms with Crippen molar-refractivity contribution in [3.63, 3.8) is 0 Å². The Hall–Kier alpha value is -2.41. The highest BCUT2D eigenvalue weighted by molar-refractivity contribution is 6.00. The van der Waals surface area contributed by atoms with Crippen molar-refractivity contribution in [2.75, 3.05) is 31.6 Å². The Bertz CT molecular complexity index is 706. The van der Waals surface area contributed by atoms with Crippen LogP contribution in [0.5, 0.6) is 0 Å². The number of hydrogen-bond acceptors (Lipinski definition) is 5. The first-order chi connectivity index (χ1) is 12.6. The van der Waals surface area contributed by atoms with E-state index in [2.05, 4.69) is 10.2 Å². The molecule has 1 aromatic carbocycles. The SMILES string of the molecule is CNC(=O)CCC(C=O)N1Cc2ccc(N3CCC(CO)C3)cc2C1=O. The summed E-state index contributed by atoms with van der Waals surface area (Å²) in [6, 6.07) is 5.23. The minimum Gasteiger partial charge on any atom is -0.396 e. The lowest BCUT2D eigenvalue weighted by Gasteiger charge is -2.22. The first-order valence-electron chi connectivity index (χ1n) is 9.03. The molecule has 0 aliphatic carbocycles. The lowest BCUT2D eigenvalue weighted by atomic mass is 10.1. The van der Waals surface area contributed by atoms with Gasteiger partial charge >= 0.3 is 0 Å². The molecular weight excluding hydrogens is 334 g/mol. The zero-order chi connectivity index (χ0) is 18.7. The summed E-state index contributed by atoms with van der Waals surface area (Å²) < 4.78 is 0. The summed E-state index contributed by atoms with van der Waals surface area (Å²) in [6.45, 7) is 2.23. The Kier molecular flexibility index (Phi) is 5.56. The number of fused-ring (bicyclic) bond motifs is 1. The summed E-state index contributed by atoms with van der Waals surface area (Å²) in [4.78, 5) is 39.4. The monoisotopic (exact) mass is 359 g/mol. The number of aliphatic hydroxyl groups is 1. The van der Waals surface area contributed by atoms with Gasteiger partial charge in [0.15, 0.2) is 0 Å². The highest BCUT2D eigenvalue weighted by Gasteiger charge is 2.33. The third-order valence-corrected chi connectivity index (χ3v) is 5.34. The summed E-state index contributed by atoms with van der Waals surface area (Å²) in [7, 11) is 1.55. The average molecular weight is 359 g/mol. The van der Waals surface area contributed by atoms with Crippen LogP contribution in [-0.4, -0.2) is 60.9 Å². The maximum absolute atomic E-state index is 12.8. The molecule has 140 valence electrons. The molecule has 2 atom stereocenters. The molecule has 0 spiro atoms. The van der Waals surface area contributed by atoms with Crippen LogP contribution in [0.3, 0.4) is 0 Å². The number of aliphatic hydroxyl groups excluding tert-OH is 1. The molecule has 2 amide bonds. The first kappa shape index (κ1) is 18.4. The largest absolute Gasteiger partial charge is 0.396 e. The Morgan fingerprint density at radius 1 is 1.46 bits per heavy atom. The molecule has 2 N–H and O–H groups in total. The molecule has 2 aliphatic rings. The molecule has 2 aliphatic heterocycles. The van der Waals surface area contributed by atoms with Gasteiger partial charge in [-0.3, -0.25) is 9.59 Å². The highest BCUT2D eigenvalue weighted by Crippen LogP contribution is 2.31. The van der Waals surface area contributed by atoms with Gasteiger partial charge in [-0.15, -0.1) is 0 Å². The van der Waals surface area contributed by atoms with Crippen LogP contribution in [0, 0.1) is 5.92 Å². The number of aldehydes is 1. The van der Waals surface area contributed by atoms with Crippen molar-refractivity contribution in [2.24, 2.45) is 5.92 Å². The van der Waals surface area contributed by atoms with Crippen LogP contribution in [0.25, 0.3) is 0 Å². The number of anilines is 1. The van der Waals surface area contributed by atoms with E-state index in [1.165, 1.54) is 0 Å². The molecule has 0 bridgehead atoms. The minimum absolute atomic E-state index is 0.143. The predicted molar refractivity (Wildman–Crippen MR) is 96.9 cm³/mol. The van der Waals surface area contributed by atoms with Crippen molar-refractivity contribution in [1.82, 2.24) is 10.2 Å². The van der Waals surface area contributed by atoms with Crippen LogP contribution >= 0.6 is 0 Å². The zero-order valence-corrected chi connectivity index (χ0v) is 15.0. The second-order valence-corrected chi connectivity index (χ2v) is 6.97. The van der Waals surface area contributed by atoms with Crippen molar-refractivity contribution in [1.29, 1.82) is 0 Å². The molecule has 7 nitrogen and oxygen atoms in total.